The minimum absolute atomic E-state index is 0.0415. The molecule has 0 spiro atoms. The summed E-state index contributed by atoms with van der Waals surface area (Å²) in [6, 6.07) is 13.2. The van der Waals surface area contributed by atoms with E-state index in [4.69, 9.17) is 9.47 Å². The van der Waals surface area contributed by atoms with Crippen LogP contribution in [0.1, 0.15) is 34.5 Å². The van der Waals surface area contributed by atoms with E-state index in [1.165, 1.54) is 13.2 Å². The van der Waals surface area contributed by atoms with E-state index in [1.807, 2.05) is 29.2 Å². The Labute approximate surface area is 317 Å². The summed E-state index contributed by atoms with van der Waals surface area (Å²) in [7, 11) is 1.47. The number of aryl methyl sites for hydroxylation is 1. The molecule has 13 nitrogen and oxygen atoms in total. The molecule has 15 heteroatoms. The van der Waals surface area contributed by atoms with E-state index in [9.17, 15) is 14.0 Å². The zero-order chi connectivity index (χ0) is 37.9. The van der Waals surface area contributed by atoms with Crippen molar-refractivity contribution in [3.8, 4) is 16.9 Å². The number of pyridine rings is 1. The molecular weight excluding hydrogens is 708 g/mol. The number of H-pyrrole nitrogens is 1. The van der Waals surface area contributed by atoms with Gasteiger partial charge in [0.2, 0.25) is 5.91 Å². The van der Waals surface area contributed by atoms with Crippen LogP contribution >= 0.6 is 0 Å². The number of aromatic amines is 1. The molecule has 0 radical (unpaired) electrons. The van der Waals surface area contributed by atoms with Gasteiger partial charge in [-0.2, -0.15) is 0 Å². The summed E-state index contributed by atoms with van der Waals surface area (Å²) in [6.45, 7) is 6.75. The Kier molecular flexibility index (Phi) is 10.5. The maximum atomic E-state index is 16.9. The van der Waals surface area contributed by atoms with Gasteiger partial charge in [-0.3, -0.25) is 19.2 Å². The monoisotopic (exact) mass is 751 g/mol. The number of morpholine rings is 1. The third-order valence-electron chi connectivity index (χ3n) is 10.6. The third-order valence-corrected chi connectivity index (χ3v) is 10.6. The smallest absolute Gasteiger partial charge is 0.270 e. The average Bonchev–Trinajstić information content (AvgIpc) is 3.92. The minimum Gasteiger partial charge on any atom is -0.493 e. The highest BCUT2D eigenvalue weighted by Crippen LogP contribution is 2.38. The number of carbonyl (C=O) groups is 2. The molecule has 2 saturated heterocycles. The largest absolute Gasteiger partial charge is 0.493 e. The molecule has 0 bridgehead atoms. The lowest BCUT2D eigenvalue weighted by atomic mass is 9.92. The van der Waals surface area contributed by atoms with E-state index in [-0.39, 0.29) is 36.0 Å². The fourth-order valence-electron chi connectivity index (χ4n) is 7.67. The number of methoxy groups -OCH3 is 1. The first-order valence-corrected chi connectivity index (χ1v) is 18.6. The highest BCUT2D eigenvalue weighted by molar-refractivity contribution is 6.04. The second-order valence-corrected chi connectivity index (χ2v) is 14.1. The number of fused-ring (bicyclic) bond motifs is 1. The van der Waals surface area contributed by atoms with E-state index >= 15 is 4.39 Å². The maximum absolute atomic E-state index is 16.9. The molecule has 2 fully saturated rings. The minimum atomic E-state index is -0.489. The van der Waals surface area contributed by atoms with Gasteiger partial charge in [-0.1, -0.05) is 29.5 Å². The van der Waals surface area contributed by atoms with Crippen molar-refractivity contribution in [1.82, 2.24) is 39.7 Å². The first kappa shape index (κ1) is 36.3. The highest BCUT2D eigenvalue weighted by atomic mass is 19.1. The number of piperazine rings is 1. The molecule has 8 rings (SSSR count). The first-order valence-electron chi connectivity index (χ1n) is 18.6. The average molecular weight is 752 g/mol. The molecule has 3 aromatic heterocycles. The topological polar surface area (TPSA) is 125 Å². The SMILES string of the molecule is COc1cc(F)cnc1N1CCN(C(=O)c2cc3c(-c4cccc(CN5CCOCC5)c4)cc(C4=CCCN(C(=O)CCn5ccnn5)C4)c(F)c3[nH]2)CC1. The Morgan fingerprint density at radius 2 is 1.80 bits per heavy atom. The van der Waals surface area contributed by atoms with Crippen LogP contribution in [0.2, 0.25) is 0 Å². The van der Waals surface area contributed by atoms with Crippen molar-refractivity contribution in [1.29, 1.82) is 0 Å². The summed E-state index contributed by atoms with van der Waals surface area (Å²) in [4.78, 5) is 42.5. The van der Waals surface area contributed by atoms with E-state index in [0.717, 1.165) is 42.5 Å². The van der Waals surface area contributed by atoms with Gasteiger partial charge in [0.1, 0.15) is 11.5 Å². The number of hydrogen-bond donors (Lipinski definition) is 1. The molecule has 2 aromatic carbocycles. The summed E-state index contributed by atoms with van der Waals surface area (Å²) < 4.78 is 43.2. The van der Waals surface area contributed by atoms with E-state index in [2.05, 4.69) is 37.3 Å². The lowest BCUT2D eigenvalue weighted by molar-refractivity contribution is -0.131. The van der Waals surface area contributed by atoms with Crippen LogP contribution < -0.4 is 9.64 Å². The number of halogens is 2. The summed E-state index contributed by atoms with van der Waals surface area (Å²) in [5.41, 5.74) is 4.45. The van der Waals surface area contributed by atoms with Crippen molar-refractivity contribution in [2.24, 2.45) is 0 Å². The predicted molar refractivity (Wildman–Crippen MR) is 202 cm³/mol. The molecule has 0 aliphatic carbocycles. The van der Waals surface area contributed by atoms with E-state index in [0.29, 0.717) is 87.0 Å². The van der Waals surface area contributed by atoms with Crippen LogP contribution in [0.25, 0.3) is 27.6 Å². The number of hydrogen-bond acceptors (Lipinski definition) is 9. The third kappa shape index (κ3) is 7.80. The summed E-state index contributed by atoms with van der Waals surface area (Å²) >= 11 is 0. The molecule has 1 N–H and O–H groups in total. The second-order valence-electron chi connectivity index (χ2n) is 14.1. The maximum Gasteiger partial charge on any atom is 0.270 e. The fraction of sp³-hybridized carbons (Fsp3) is 0.375. The van der Waals surface area contributed by atoms with Crippen molar-refractivity contribution in [3.05, 3.63) is 95.6 Å². The molecule has 55 heavy (non-hydrogen) atoms. The van der Waals surface area contributed by atoms with Gasteiger partial charge in [0.25, 0.3) is 5.91 Å². The molecule has 6 heterocycles. The molecule has 5 aromatic rings. The number of benzene rings is 2. The van der Waals surface area contributed by atoms with Crippen LogP contribution in [-0.2, 0) is 22.6 Å². The number of nitrogens with one attached hydrogen (secondary N) is 1. The van der Waals surface area contributed by atoms with Gasteiger partial charge in [-0.05, 0) is 46.9 Å². The van der Waals surface area contributed by atoms with Gasteiger partial charge in [0.05, 0.1) is 44.8 Å². The van der Waals surface area contributed by atoms with Crippen molar-refractivity contribution in [3.63, 3.8) is 0 Å². The molecule has 0 unspecified atom stereocenters. The number of amides is 2. The Morgan fingerprint density at radius 3 is 2.58 bits per heavy atom. The molecule has 286 valence electrons. The van der Waals surface area contributed by atoms with Crippen LogP contribution in [0.4, 0.5) is 14.6 Å². The number of rotatable bonds is 10. The number of anilines is 1. The number of aromatic nitrogens is 5. The van der Waals surface area contributed by atoms with E-state index < -0.39 is 11.6 Å². The molecular formula is C40H43F2N9O4. The predicted octanol–water partition coefficient (Wildman–Crippen LogP) is 4.61. The Hall–Kier alpha value is -5.67. The van der Waals surface area contributed by atoms with Gasteiger partial charge in [-0.25, -0.2) is 13.8 Å². The van der Waals surface area contributed by atoms with Gasteiger partial charge in [0, 0.05) is 88.5 Å². The zero-order valence-electron chi connectivity index (χ0n) is 30.7. The normalized spacial score (nSPS) is 16.8. The lowest BCUT2D eigenvalue weighted by Crippen LogP contribution is -2.49. The summed E-state index contributed by atoms with van der Waals surface area (Å²) in [5, 5.41) is 8.37. The van der Waals surface area contributed by atoms with Crippen molar-refractivity contribution in [2.45, 2.75) is 25.9 Å². The lowest BCUT2D eigenvalue weighted by Gasteiger charge is -2.35. The highest BCUT2D eigenvalue weighted by Gasteiger charge is 2.29. The van der Waals surface area contributed by atoms with Gasteiger partial charge in [-0.15, -0.1) is 5.10 Å². The molecule has 3 aliphatic rings. The summed E-state index contributed by atoms with van der Waals surface area (Å²) in [6.07, 6.45) is 7.29. The number of nitrogens with zero attached hydrogens (tertiary/aromatic N) is 8. The first-order chi connectivity index (χ1) is 26.8. The molecule has 2 amide bonds. The number of ether oxygens (including phenoxy) is 2. The zero-order valence-corrected chi connectivity index (χ0v) is 30.7. The molecule has 3 aliphatic heterocycles. The van der Waals surface area contributed by atoms with Crippen LogP contribution in [-0.4, -0.2) is 124 Å². The van der Waals surface area contributed by atoms with Crippen molar-refractivity contribution >= 4 is 34.1 Å². The van der Waals surface area contributed by atoms with Crippen LogP contribution in [0.15, 0.2) is 67.1 Å². The summed E-state index contributed by atoms with van der Waals surface area (Å²) in [5.74, 6) is -0.398. The second kappa shape index (κ2) is 16.0. The Morgan fingerprint density at radius 1 is 0.964 bits per heavy atom. The van der Waals surface area contributed by atoms with Gasteiger partial charge < -0.3 is 29.2 Å². The fourth-order valence-corrected chi connectivity index (χ4v) is 7.67. The van der Waals surface area contributed by atoms with Crippen LogP contribution in [0.3, 0.4) is 0 Å². The standard InChI is InChI=1S/C40H43F2N9O4/c1-54-35-21-30(41)24-43-39(35)48-12-14-49(15-13-48)40(53)34-23-33-31(28-5-2-4-27(20-28)25-47-16-18-55-19-17-47)22-32(37(42)38(33)45-34)29-6-3-9-50(26-29)36(52)7-10-51-11-8-44-46-51/h2,4-6,8,11,20-24,45H,3,7,9-10,12-19,25-26H2,1H3. The van der Waals surface area contributed by atoms with Crippen molar-refractivity contribution < 1.29 is 27.8 Å². The Bertz CT molecular complexity index is 2210. The molecule has 0 atom stereocenters. The van der Waals surface area contributed by atoms with Crippen LogP contribution in [0.5, 0.6) is 5.75 Å². The van der Waals surface area contributed by atoms with Gasteiger partial charge >= 0.3 is 0 Å². The van der Waals surface area contributed by atoms with Crippen molar-refractivity contribution in [2.75, 3.05) is 77.6 Å². The quantitative estimate of drug-likeness (QED) is 0.218. The molecule has 0 saturated carbocycles. The van der Waals surface area contributed by atoms with Gasteiger partial charge in [0.15, 0.2) is 17.4 Å². The van der Waals surface area contributed by atoms with E-state index in [1.54, 1.807) is 32.9 Å². The Balaban J connectivity index is 1.09. The van der Waals surface area contributed by atoms with Crippen LogP contribution in [0, 0.1) is 11.6 Å². The number of carbonyl (C=O) groups excluding carboxylic acids is 2.